The average molecular weight is 340 g/mol. The standard InChI is InChI=1S/C18H24N6O/c1-22(14-16-6-2-3-7-19-16)15-17(25)23-10-5-11-24(13-12-23)18-20-8-4-9-21-18/h2-4,6-9H,5,10-15H2,1H3. The molecule has 7 heteroatoms. The lowest BCUT2D eigenvalue weighted by Crippen LogP contribution is -2.41. The molecule has 2 aromatic rings. The Bertz CT molecular complexity index is 666. The molecule has 0 saturated carbocycles. The van der Waals surface area contributed by atoms with Crippen LogP contribution in [0.2, 0.25) is 0 Å². The molecular weight excluding hydrogens is 316 g/mol. The molecule has 7 nitrogen and oxygen atoms in total. The van der Waals surface area contributed by atoms with Crippen molar-refractivity contribution in [2.45, 2.75) is 13.0 Å². The lowest BCUT2D eigenvalue weighted by atomic mass is 10.3. The van der Waals surface area contributed by atoms with Crippen molar-refractivity contribution >= 4 is 11.9 Å². The highest BCUT2D eigenvalue weighted by Gasteiger charge is 2.21. The summed E-state index contributed by atoms with van der Waals surface area (Å²) in [7, 11) is 1.95. The third-order valence-electron chi connectivity index (χ3n) is 4.25. The zero-order chi connectivity index (χ0) is 17.5. The van der Waals surface area contributed by atoms with Crippen LogP contribution < -0.4 is 4.90 Å². The number of carbonyl (C=O) groups excluding carboxylic acids is 1. The fourth-order valence-corrected chi connectivity index (χ4v) is 2.98. The molecule has 0 bridgehead atoms. The fraction of sp³-hybridized carbons (Fsp3) is 0.444. The first-order valence-corrected chi connectivity index (χ1v) is 8.60. The van der Waals surface area contributed by atoms with E-state index in [1.807, 2.05) is 41.1 Å². The smallest absolute Gasteiger partial charge is 0.236 e. The molecule has 2 aromatic heterocycles. The van der Waals surface area contributed by atoms with Gasteiger partial charge in [-0.05, 0) is 31.7 Å². The quantitative estimate of drug-likeness (QED) is 0.810. The first-order chi connectivity index (χ1) is 12.2. The maximum atomic E-state index is 12.6. The number of likely N-dealkylation sites (N-methyl/N-ethyl adjacent to an activating group) is 1. The Hall–Kier alpha value is -2.54. The molecular formula is C18H24N6O. The molecule has 3 rings (SSSR count). The minimum Gasteiger partial charge on any atom is -0.340 e. The second kappa shape index (κ2) is 8.53. The summed E-state index contributed by atoms with van der Waals surface area (Å²) in [5.74, 6) is 0.901. The third kappa shape index (κ3) is 4.96. The number of nitrogens with zero attached hydrogens (tertiary/aromatic N) is 6. The van der Waals surface area contributed by atoms with E-state index in [4.69, 9.17) is 0 Å². The summed E-state index contributed by atoms with van der Waals surface area (Å²) < 4.78 is 0. The van der Waals surface area contributed by atoms with Gasteiger partial charge in [0.1, 0.15) is 0 Å². The van der Waals surface area contributed by atoms with E-state index in [0.717, 1.165) is 37.7 Å². The van der Waals surface area contributed by atoms with Crippen molar-refractivity contribution < 1.29 is 4.79 Å². The van der Waals surface area contributed by atoms with Gasteiger partial charge in [0.15, 0.2) is 0 Å². The van der Waals surface area contributed by atoms with Crippen molar-refractivity contribution in [2.75, 3.05) is 44.7 Å². The van der Waals surface area contributed by atoms with Gasteiger partial charge in [-0.2, -0.15) is 0 Å². The van der Waals surface area contributed by atoms with Gasteiger partial charge >= 0.3 is 0 Å². The molecule has 0 radical (unpaired) electrons. The van der Waals surface area contributed by atoms with Crippen molar-refractivity contribution in [1.29, 1.82) is 0 Å². The fourth-order valence-electron chi connectivity index (χ4n) is 2.98. The Morgan fingerprint density at radius 3 is 2.60 bits per heavy atom. The van der Waals surface area contributed by atoms with Gasteiger partial charge in [-0.3, -0.25) is 14.7 Å². The summed E-state index contributed by atoms with van der Waals surface area (Å²) in [6.07, 6.45) is 6.21. The first kappa shape index (κ1) is 17.3. The van der Waals surface area contributed by atoms with E-state index in [1.165, 1.54) is 0 Å². The average Bonchev–Trinajstić information content (AvgIpc) is 2.89. The molecule has 0 aromatic carbocycles. The molecule has 3 heterocycles. The Kier molecular flexibility index (Phi) is 5.90. The SMILES string of the molecule is CN(CC(=O)N1CCCN(c2ncccn2)CC1)Cc1ccccn1. The summed E-state index contributed by atoms with van der Waals surface area (Å²) in [5.41, 5.74) is 0.973. The molecule has 1 saturated heterocycles. The lowest BCUT2D eigenvalue weighted by molar-refractivity contribution is -0.132. The molecule has 0 spiro atoms. The van der Waals surface area contributed by atoms with Crippen LogP contribution in [0.15, 0.2) is 42.9 Å². The largest absolute Gasteiger partial charge is 0.340 e. The van der Waals surface area contributed by atoms with E-state index in [2.05, 4.69) is 19.9 Å². The number of hydrogen-bond donors (Lipinski definition) is 0. The molecule has 1 aliphatic heterocycles. The Morgan fingerprint density at radius 2 is 1.84 bits per heavy atom. The lowest BCUT2D eigenvalue weighted by Gasteiger charge is -2.24. The number of pyridine rings is 1. The summed E-state index contributed by atoms with van der Waals surface area (Å²) >= 11 is 0. The van der Waals surface area contributed by atoms with Gasteiger partial charge in [-0.15, -0.1) is 0 Å². The van der Waals surface area contributed by atoms with Crippen LogP contribution in [0.25, 0.3) is 0 Å². The monoisotopic (exact) mass is 340 g/mol. The van der Waals surface area contributed by atoms with Gasteiger partial charge in [-0.25, -0.2) is 9.97 Å². The number of amides is 1. The van der Waals surface area contributed by atoms with Crippen LogP contribution in [-0.2, 0) is 11.3 Å². The predicted octanol–water partition coefficient (Wildman–Crippen LogP) is 1.04. The van der Waals surface area contributed by atoms with E-state index in [1.54, 1.807) is 18.6 Å². The molecule has 0 atom stereocenters. The van der Waals surface area contributed by atoms with Gasteiger partial charge in [0.2, 0.25) is 11.9 Å². The summed E-state index contributed by atoms with van der Waals surface area (Å²) in [4.78, 5) is 31.6. The van der Waals surface area contributed by atoms with Crippen LogP contribution in [0.5, 0.6) is 0 Å². The maximum absolute atomic E-state index is 12.6. The topological polar surface area (TPSA) is 65.5 Å². The van der Waals surface area contributed by atoms with E-state index < -0.39 is 0 Å². The normalized spacial score (nSPS) is 15.3. The van der Waals surface area contributed by atoms with Crippen molar-refractivity contribution in [3.63, 3.8) is 0 Å². The summed E-state index contributed by atoms with van der Waals surface area (Å²) in [6.45, 7) is 4.19. The molecule has 1 fully saturated rings. The van der Waals surface area contributed by atoms with Gasteiger partial charge in [0.05, 0.1) is 12.2 Å². The van der Waals surface area contributed by atoms with Crippen molar-refractivity contribution in [3.05, 3.63) is 48.5 Å². The zero-order valence-corrected chi connectivity index (χ0v) is 14.6. The van der Waals surface area contributed by atoms with Crippen molar-refractivity contribution in [3.8, 4) is 0 Å². The van der Waals surface area contributed by atoms with Gasteiger partial charge < -0.3 is 9.80 Å². The highest BCUT2D eigenvalue weighted by atomic mass is 16.2. The highest BCUT2D eigenvalue weighted by molar-refractivity contribution is 5.78. The van der Waals surface area contributed by atoms with Crippen LogP contribution in [-0.4, -0.2) is 70.4 Å². The minimum atomic E-state index is 0.161. The third-order valence-corrected chi connectivity index (χ3v) is 4.25. The predicted molar refractivity (Wildman–Crippen MR) is 96.0 cm³/mol. The summed E-state index contributed by atoms with van der Waals surface area (Å²) in [6, 6.07) is 7.65. The van der Waals surface area contributed by atoms with E-state index in [-0.39, 0.29) is 5.91 Å². The van der Waals surface area contributed by atoms with Gasteiger partial charge in [0, 0.05) is 51.3 Å². The Labute approximate surface area is 148 Å². The molecule has 1 amide bonds. The van der Waals surface area contributed by atoms with Gasteiger partial charge in [-0.1, -0.05) is 6.07 Å². The van der Waals surface area contributed by atoms with Crippen LogP contribution in [0.3, 0.4) is 0 Å². The van der Waals surface area contributed by atoms with Crippen LogP contribution in [0.4, 0.5) is 5.95 Å². The molecule has 25 heavy (non-hydrogen) atoms. The second-order valence-electron chi connectivity index (χ2n) is 6.26. The van der Waals surface area contributed by atoms with Gasteiger partial charge in [0.25, 0.3) is 0 Å². The van der Waals surface area contributed by atoms with E-state index >= 15 is 0 Å². The Morgan fingerprint density at radius 1 is 1.04 bits per heavy atom. The minimum absolute atomic E-state index is 0.161. The van der Waals surface area contributed by atoms with E-state index in [0.29, 0.717) is 19.6 Å². The highest BCUT2D eigenvalue weighted by Crippen LogP contribution is 2.10. The van der Waals surface area contributed by atoms with Crippen molar-refractivity contribution in [1.82, 2.24) is 24.8 Å². The Balaban J connectivity index is 1.51. The van der Waals surface area contributed by atoms with E-state index in [9.17, 15) is 4.79 Å². The number of anilines is 1. The van der Waals surface area contributed by atoms with Crippen LogP contribution in [0, 0.1) is 0 Å². The number of aromatic nitrogens is 3. The molecule has 0 aliphatic carbocycles. The second-order valence-corrected chi connectivity index (χ2v) is 6.26. The zero-order valence-electron chi connectivity index (χ0n) is 14.6. The van der Waals surface area contributed by atoms with Crippen molar-refractivity contribution in [2.24, 2.45) is 0 Å². The van der Waals surface area contributed by atoms with Crippen LogP contribution in [0.1, 0.15) is 12.1 Å². The first-order valence-electron chi connectivity index (χ1n) is 8.60. The molecule has 0 unspecified atom stereocenters. The molecule has 1 aliphatic rings. The molecule has 0 N–H and O–H groups in total. The number of carbonyl (C=O) groups is 1. The molecule has 132 valence electrons. The summed E-state index contributed by atoms with van der Waals surface area (Å²) in [5, 5.41) is 0. The van der Waals surface area contributed by atoms with Crippen LogP contribution >= 0.6 is 0 Å². The number of rotatable bonds is 5. The maximum Gasteiger partial charge on any atom is 0.236 e. The number of hydrogen-bond acceptors (Lipinski definition) is 6.